The SMILES string of the molecule is [2H]CNC(=O)c1n[nH]c2cc(-c3cnc(OC[2H])c(C(=O)NC(C)c4cc(F)ccc4C(F)(F)F)c3)ccc12. The standard InChI is InChI=1S/C25H21F4N5O3/c1-12(17-10-15(26)5-7-19(17)25(27,28)29)32-22(35)18-8-14(11-31-24(18)37-3)13-4-6-16-20(9-13)33-34-21(16)23(36)30-2/h4-12H,1-3H3,(H,30,36)(H,32,35)(H,33,34)/i2D,3D. The van der Waals surface area contributed by atoms with E-state index in [1.54, 1.807) is 18.2 Å². The van der Waals surface area contributed by atoms with Crippen LogP contribution in [0.2, 0.25) is 0 Å². The van der Waals surface area contributed by atoms with Gasteiger partial charge in [-0.15, -0.1) is 0 Å². The summed E-state index contributed by atoms with van der Waals surface area (Å²) in [7, 11) is -0.891. The molecule has 192 valence electrons. The minimum absolute atomic E-state index is 0.103. The molecule has 1 unspecified atom stereocenters. The topological polar surface area (TPSA) is 109 Å². The van der Waals surface area contributed by atoms with Crippen LogP contribution in [0.1, 0.15) is 47.7 Å². The van der Waals surface area contributed by atoms with Crippen molar-refractivity contribution in [1.82, 2.24) is 25.8 Å². The van der Waals surface area contributed by atoms with Crippen LogP contribution in [0.15, 0.2) is 48.7 Å². The van der Waals surface area contributed by atoms with Gasteiger partial charge >= 0.3 is 6.18 Å². The van der Waals surface area contributed by atoms with E-state index in [2.05, 4.69) is 25.8 Å². The Morgan fingerprint density at radius 1 is 1.11 bits per heavy atom. The van der Waals surface area contributed by atoms with Gasteiger partial charge in [-0.1, -0.05) is 6.07 Å². The quantitative estimate of drug-likeness (QED) is 0.323. The normalized spacial score (nSPS) is 13.0. The molecule has 4 rings (SSSR count). The lowest BCUT2D eigenvalue weighted by Crippen LogP contribution is -2.29. The summed E-state index contributed by atoms with van der Waals surface area (Å²) in [5, 5.41) is 12.0. The highest BCUT2D eigenvalue weighted by Crippen LogP contribution is 2.35. The number of ether oxygens (including phenoxy) is 1. The molecular weight excluding hydrogens is 494 g/mol. The van der Waals surface area contributed by atoms with Crippen LogP contribution in [-0.2, 0) is 6.18 Å². The molecule has 0 spiro atoms. The Labute approximate surface area is 210 Å². The van der Waals surface area contributed by atoms with E-state index in [1.165, 1.54) is 19.2 Å². The number of halogens is 4. The number of hydrogen-bond donors (Lipinski definition) is 3. The van der Waals surface area contributed by atoms with Crippen molar-refractivity contribution in [3.05, 3.63) is 76.9 Å². The van der Waals surface area contributed by atoms with Crippen LogP contribution < -0.4 is 15.4 Å². The number of carbonyl (C=O) groups is 2. The third-order valence-corrected chi connectivity index (χ3v) is 5.64. The van der Waals surface area contributed by atoms with E-state index in [-0.39, 0.29) is 24.2 Å². The molecule has 0 aliphatic carbocycles. The van der Waals surface area contributed by atoms with Gasteiger partial charge in [0, 0.05) is 25.5 Å². The Morgan fingerprint density at radius 2 is 1.92 bits per heavy atom. The predicted octanol–water partition coefficient (Wildman–Crippen LogP) is 4.64. The van der Waals surface area contributed by atoms with Gasteiger partial charge in [-0.2, -0.15) is 18.3 Å². The molecule has 0 bridgehead atoms. The minimum Gasteiger partial charge on any atom is -0.480 e. The van der Waals surface area contributed by atoms with E-state index in [1.807, 2.05) is 0 Å². The number of fused-ring (bicyclic) bond motifs is 1. The number of H-pyrrole nitrogens is 1. The molecule has 2 heterocycles. The maximum Gasteiger partial charge on any atom is 0.416 e. The first kappa shape index (κ1) is 23.0. The summed E-state index contributed by atoms with van der Waals surface area (Å²) in [5.41, 5.74) is -0.148. The van der Waals surface area contributed by atoms with Crippen molar-refractivity contribution < 1.29 is 34.6 Å². The molecular formula is C25H21F4N5O3. The Hall–Kier alpha value is -4.48. The number of aromatic nitrogens is 3. The fourth-order valence-electron chi connectivity index (χ4n) is 3.85. The highest BCUT2D eigenvalue weighted by Gasteiger charge is 2.35. The number of methoxy groups -OCH3 is 1. The van der Waals surface area contributed by atoms with Crippen LogP contribution in [0.25, 0.3) is 22.0 Å². The van der Waals surface area contributed by atoms with Gasteiger partial charge < -0.3 is 15.4 Å². The van der Waals surface area contributed by atoms with Crippen LogP contribution in [0.5, 0.6) is 5.88 Å². The van der Waals surface area contributed by atoms with Crippen molar-refractivity contribution in [2.24, 2.45) is 0 Å². The maximum absolute atomic E-state index is 13.8. The summed E-state index contributed by atoms with van der Waals surface area (Å²) in [6, 6.07) is 7.06. The van der Waals surface area contributed by atoms with Crippen LogP contribution in [-0.4, -0.2) is 41.1 Å². The largest absolute Gasteiger partial charge is 0.480 e. The molecule has 37 heavy (non-hydrogen) atoms. The number of aromatic amines is 1. The summed E-state index contributed by atoms with van der Waals surface area (Å²) < 4.78 is 73.8. The van der Waals surface area contributed by atoms with Crippen LogP contribution in [0, 0.1) is 5.82 Å². The second-order valence-electron chi connectivity index (χ2n) is 7.98. The molecule has 2 aromatic carbocycles. The molecule has 0 saturated carbocycles. The van der Waals surface area contributed by atoms with Crippen molar-refractivity contribution in [1.29, 1.82) is 0 Å². The molecule has 8 nitrogen and oxygen atoms in total. The lowest BCUT2D eigenvalue weighted by Gasteiger charge is -2.20. The predicted molar refractivity (Wildman–Crippen MR) is 127 cm³/mol. The lowest BCUT2D eigenvalue weighted by atomic mass is 10.00. The van der Waals surface area contributed by atoms with E-state index in [4.69, 9.17) is 7.48 Å². The first-order valence-corrected chi connectivity index (χ1v) is 10.7. The van der Waals surface area contributed by atoms with E-state index >= 15 is 0 Å². The molecule has 0 aliphatic rings. The van der Waals surface area contributed by atoms with Crippen molar-refractivity contribution >= 4 is 22.7 Å². The van der Waals surface area contributed by atoms with E-state index in [0.29, 0.717) is 40.2 Å². The van der Waals surface area contributed by atoms with Gasteiger partial charge in [0.2, 0.25) is 5.88 Å². The number of nitrogens with one attached hydrogen (secondary N) is 3. The number of pyridine rings is 1. The summed E-state index contributed by atoms with van der Waals surface area (Å²) in [6.07, 6.45) is -3.39. The Morgan fingerprint density at radius 3 is 2.65 bits per heavy atom. The molecule has 2 amide bonds. The van der Waals surface area contributed by atoms with Crippen molar-refractivity contribution in [3.63, 3.8) is 0 Å². The monoisotopic (exact) mass is 517 g/mol. The van der Waals surface area contributed by atoms with Gasteiger partial charge in [-0.25, -0.2) is 9.37 Å². The second-order valence-corrected chi connectivity index (χ2v) is 7.98. The zero-order valence-electron chi connectivity index (χ0n) is 21.2. The van der Waals surface area contributed by atoms with Gasteiger partial charge in [0.05, 0.1) is 25.6 Å². The number of benzene rings is 2. The van der Waals surface area contributed by atoms with Crippen LogP contribution >= 0.6 is 0 Å². The zero-order valence-corrected chi connectivity index (χ0v) is 19.2. The molecule has 2 aromatic heterocycles. The molecule has 0 saturated heterocycles. The summed E-state index contributed by atoms with van der Waals surface area (Å²) in [4.78, 5) is 29.4. The van der Waals surface area contributed by atoms with Crippen LogP contribution in [0.4, 0.5) is 17.6 Å². The summed E-state index contributed by atoms with van der Waals surface area (Å²) in [5.74, 6) is -2.49. The zero-order chi connectivity index (χ0) is 28.3. The molecule has 4 aromatic rings. The van der Waals surface area contributed by atoms with Gasteiger partial charge in [-0.05, 0) is 54.4 Å². The number of nitrogens with zero attached hydrogens (tertiary/aromatic N) is 2. The van der Waals surface area contributed by atoms with Crippen molar-refractivity contribution in [2.45, 2.75) is 19.1 Å². The third-order valence-electron chi connectivity index (χ3n) is 5.64. The van der Waals surface area contributed by atoms with Crippen molar-refractivity contribution in [3.8, 4) is 17.0 Å². The highest BCUT2D eigenvalue weighted by molar-refractivity contribution is 6.05. The maximum atomic E-state index is 13.8. The first-order chi connectivity index (χ1) is 18.5. The van der Waals surface area contributed by atoms with E-state index in [0.717, 1.165) is 0 Å². The molecule has 1 atom stereocenters. The van der Waals surface area contributed by atoms with E-state index < -0.39 is 48.1 Å². The molecule has 0 fully saturated rings. The average molecular weight is 517 g/mol. The lowest BCUT2D eigenvalue weighted by molar-refractivity contribution is -0.138. The van der Waals surface area contributed by atoms with E-state index in [9.17, 15) is 27.2 Å². The first-order valence-electron chi connectivity index (χ1n) is 12.1. The summed E-state index contributed by atoms with van der Waals surface area (Å²) in [6.45, 7) is 1.28. The Bertz CT molecular complexity index is 1540. The molecule has 0 aliphatic heterocycles. The molecule has 12 heteroatoms. The number of hydrogen-bond acceptors (Lipinski definition) is 5. The fourth-order valence-corrected chi connectivity index (χ4v) is 3.85. The number of rotatable bonds is 6. The third kappa shape index (κ3) is 5.08. The van der Waals surface area contributed by atoms with Gasteiger partial charge in [0.1, 0.15) is 11.4 Å². The van der Waals surface area contributed by atoms with Gasteiger partial charge in [0.15, 0.2) is 5.69 Å². The smallest absolute Gasteiger partial charge is 0.416 e. The average Bonchev–Trinajstić information content (AvgIpc) is 3.32. The van der Waals surface area contributed by atoms with Crippen molar-refractivity contribution in [2.75, 3.05) is 14.1 Å². The molecule has 0 radical (unpaired) electrons. The van der Waals surface area contributed by atoms with Crippen LogP contribution in [0.3, 0.4) is 0 Å². The Balaban J connectivity index is 1.67. The number of amides is 2. The molecule has 3 N–H and O–H groups in total. The Kier molecular flexibility index (Phi) is 6.13. The van der Waals surface area contributed by atoms with Gasteiger partial charge in [-0.3, -0.25) is 14.7 Å². The fraction of sp³-hybridized carbons (Fsp3) is 0.200. The number of alkyl halides is 3. The highest BCUT2D eigenvalue weighted by atomic mass is 19.4. The summed E-state index contributed by atoms with van der Waals surface area (Å²) >= 11 is 0. The minimum atomic E-state index is -4.77. The number of carbonyl (C=O) groups excluding carboxylic acids is 2. The van der Waals surface area contributed by atoms with Gasteiger partial charge in [0.25, 0.3) is 11.8 Å². The second kappa shape index (κ2) is 9.88.